The SMILES string of the molecule is Cc1cc(C)c(NC(=O)CN2C(=O)CNC2=O)c(C)c1. The van der Waals surface area contributed by atoms with Crippen molar-refractivity contribution in [2.75, 3.05) is 18.4 Å². The summed E-state index contributed by atoms with van der Waals surface area (Å²) in [4.78, 5) is 35.7. The van der Waals surface area contributed by atoms with Gasteiger partial charge in [0.2, 0.25) is 5.91 Å². The molecule has 106 valence electrons. The molecule has 2 N–H and O–H groups in total. The van der Waals surface area contributed by atoms with Crippen molar-refractivity contribution in [1.82, 2.24) is 10.2 Å². The van der Waals surface area contributed by atoms with Crippen LogP contribution in [0.4, 0.5) is 10.5 Å². The average molecular weight is 275 g/mol. The van der Waals surface area contributed by atoms with Crippen molar-refractivity contribution in [2.45, 2.75) is 20.8 Å². The first-order chi connectivity index (χ1) is 9.38. The molecule has 0 radical (unpaired) electrons. The molecule has 2 rings (SSSR count). The second-order valence-electron chi connectivity index (χ2n) is 4.96. The third-order valence-electron chi connectivity index (χ3n) is 3.18. The molecule has 1 saturated heterocycles. The van der Waals surface area contributed by atoms with Crippen LogP contribution in [0.1, 0.15) is 16.7 Å². The van der Waals surface area contributed by atoms with Gasteiger partial charge in [0.1, 0.15) is 6.54 Å². The van der Waals surface area contributed by atoms with E-state index in [9.17, 15) is 14.4 Å². The van der Waals surface area contributed by atoms with E-state index >= 15 is 0 Å². The Kier molecular flexibility index (Phi) is 3.74. The maximum Gasteiger partial charge on any atom is 0.325 e. The van der Waals surface area contributed by atoms with Crippen LogP contribution in [0.25, 0.3) is 0 Å². The van der Waals surface area contributed by atoms with E-state index in [0.717, 1.165) is 27.3 Å². The van der Waals surface area contributed by atoms with Gasteiger partial charge in [-0.15, -0.1) is 0 Å². The normalized spacial score (nSPS) is 14.4. The number of nitrogens with one attached hydrogen (secondary N) is 2. The van der Waals surface area contributed by atoms with Gasteiger partial charge in [0.05, 0.1) is 6.54 Å². The summed E-state index contributed by atoms with van der Waals surface area (Å²) < 4.78 is 0. The summed E-state index contributed by atoms with van der Waals surface area (Å²) in [7, 11) is 0. The number of nitrogens with zero attached hydrogens (tertiary/aromatic N) is 1. The fourth-order valence-electron chi connectivity index (χ4n) is 2.32. The standard InChI is InChI=1S/C14H17N3O3/c1-8-4-9(2)13(10(3)5-8)16-11(18)7-17-12(19)6-15-14(17)20/h4-5H,6-7H2,1-3H3,(H,15,20)(H,16,18). The molecule has 0 aromatic heterocycles. The second kappa shape index (κ2) is 5.32. The van der Waals surface area contributed by atoms with E-state index in [4.69, 9.17) is 0 Å². The minimum atomic E-state index is -0.525. The Morgan fingerprint density at radius 2 is 1.85 bits per heavy atom. The molecule has 6 heteroatoms. The van der Waals surface area contributed by atoms with Gasteiger partial charge in [-0.2, -0.15) is 0 Å². The number of benzene rings is 1. The maximum absolute atomic E-state index is 12.0. The molecule has 1 fully saturated rings. The first-order valence-electron chi connectivity index (χ1n) is 6.34. The van der Waals surface area contributed by atoms with Gasteiger partial charge in [-0.25, -0.2) is 4.79 Å². The highest BCUT2D eigenvalue weighted by molar-refractivity contribution is 6.06. The highest BCUT2D eigenvalue weighted by atomic mass is 16.2. The zero-order valence-electron chi connectivity index (χ0n) is 11.7. The van der Waals surface area contributed by atoms with E-state index in [1.807, 2.05) is 32.9 Å². The average Bonchev–Trinajstić information content (AvgIpc) is 2.65. The maximum atomic E-state index is 12.0. The Balaban J connectivity index is 2.09. The Hall–Kier alpha value is -2.37. The predicted molar refractivity (Wildman–Crippen MR) is 74.4 cm³/mol. The van der Waals surface area contributed by atoms with Crippen LogP contribution in [0.2, 0.25) is 0 Å². The summed E-state index contributed by atoms with van der Waals surface area (Å²) in [6, 6.07) is 3.41. The molecule has 6 nitrogen and oxygen atoms in total. The molecule has 0 saturated carbocycles. The summed E-state index contributed by atoms with van der Waals surface area (Å²) in [5.74, 6) is -0.770. The highest BCUT2D eigenvalue weighted by Gasteiger charge is 2.30. The van der Waals surface area contributed by atoms with Crippen LogP contribution in [0, 0.1) is 20.8 Å². The Morgan fingerprint density at radius 1 is 1.25 bits per heavy atom. The number of rotatable bonds is 3. The van der Waals surface area contributed by atoms with Crippen LogP contribution in [0.5, 0.6) is 0 Å². The molecule has 0 atom stereocenters. The largest absolute Gasteiger partial charge is 0.329 e. The van der Waals surface area contributed by atoms with Gasteiger partial charge in [-0.1, -0.05) is 17.7 Å². The molecule has 1 aromatic carbocycles. The number of carbonyl (C=O) groups excluding carboxylic acids is 3. The zero-order valence-corrected chi connectivity index (χ0v) is 11.7. The van der Waals surface area contributed by atoms with Gasteiger partial charge in [0.15, 0.2) is 0 Å². The number of urea groups is 1. The molecule has 0 spiro atoms. The topological polar surface area (TPSA) is 78.5 Å². The van der Waals surface area contributed by atoms with Gasteiger partial charge >= 0.3 is 6.03 Å². The van der Waals surface area contributed by atoms with E-state index < -0.39 is 6.03 Å². The van der Waals surface area contributed by atoms with Gasteiger partial charge in [-0.3, -0.25) is 14.5 Å². The summed E-state index contributed by atoms with van der Waals surface area (Å²) in [5, 5.41) is 5.14. The smallest absolute Gasteiger partial charge is 0.325 e. The van der Waals surface area contributed by atoms with Crippen molar-refractivity contribution >= 4 is 23.5 Å². The van der Waals surface area contributed by atoms with Gasteiger partial charge < -0.3 is 10.6 Å². The second-order valence-corrected chi connectivity index (χ2v) is 4.96. The first kappa shape index (κ1) is 14.0. The summed E-state index contributed by atoms with van der Waals surface area (Å²) in [6.45, 7) is 5.48. The summed E-state index contributed by atoms with van der Waals surface area (Å²) in [5.41, 5.74) is 3.75. The fraction of sp³-hybridized carbons (Fsp3) is 0.357. The van der Waals surface area contributed by atoms with Crippen molar-refractivity contribution in [3.8, 4) is 0 Å². The highest BCUT2D eigenvalue weighted by Crippen LogP contribution is 2.21. The number of carbonyl (C=O) groups is 3. The predicted octanol–water partition coefficient (Wildman–Crippen LogP) is 1.10. The van der Waals surface area contributed by atoms with E-state index in [0.29, 0.717) is 0 Å². The number of imide groups is 1. The fourth-order valence-corrected chi connectivity index (χ4v) is 2.32. The quantitative estimate of drug-likeness (QED) is 0.811. The molecule has 4 amide bonds. The minimum absolute atomic E-state index is 0.0469. The number of anilines is 1. The molecule has 1 heterocycles. The number of aryl methyl sites for hydroxylation is 3. The van der Waals surface area contributed by atoms with Crippen molar-refractivity contribution in [1.29, 1.82) is 0 Å². The van der Waals surface area contributed by atoms with Crippen molar-refractivity contribution in [3.63, 3.8) is 0 Å². The van der Waals surface area contributed by atoms with E-state index in [-0.39, 0.29) is 24.9 Å². The van der Waals surface area contributed by atoms with Crippen LogP contribution >= 0.6 is 0 Å². The van der Waals surface area contributed by atoms with Gasteiger partial charge in [0, 0.05) is 5.69 Å². The lowest BCUT2D eigenvalue weighted by Gasteiger charge is -2.15. The number of hydrogen-bond acceptors (Lipinski definition) is 3. The van der Waals surface area contributed by atoms with Gasteiger partial charge in [-0.05, 0) is 31.9 Å². The molecule has 0 bridgehead atoms. The molecule has 0 unspecified atom stereocenters. The summed E-state index contributed by atoms with van der Waals surface area (Å²) in [6.07, 6.45) is 0. The van der Waals surface area contributed by atoms with Crippen LogP contribution < -0.4 is 10.6 Å². The Labute approximate surface area is 117 Å². The van der Waals surface area contributed by atoms with Crippen molar-refractivity contribution in [2.24, 2.45) is 0 Å². The summed E-state index contributed by atoms with van der Waals surface area (Å²) >= 11 is 0. The molecule has 1 aliphatic heterocycles. The molecule has 20 heavy (non-hydrogen) atoms. The number of amides is 4. The molecule has 1 aliphatic rings. The van der Waals surface area contributed by atoms with E-state index in [1.165, 1.54) is 0 Å². The van der Waals surface area contributed by atoms with Crippen LogP contribution in [-0.2, 0) is 9.59 Å². The van der Waals surface area contributed by atoms with Crippen LogP contribution in [-0.4, -0.2) is 35.8 Å². The third kappa shape index (κ3) is 2.79. The van der Waals surface area contributed by atoms with E-state index in [1.54, 1.807) is 0 Å². The molecule has 1 aromatic rings. The minimum Gasteiger partial charge on any atom is -0.329 e. The molecular formula is C14H17N3O3. The van der Waals surface area contributed by atoms with Crippen LogP contribution in [0.3, 0.4) is 0 Å². The molecular weight excluding hydrogens is 258 g/mol. The lowest BCUT2D eigenvalue weighted by Crippen LogP contribution is -2.38. The Morgan fingerprint density at radius 3 is 2.35 bits per heavy atom. The van der Waals surface area contributed by atoms with Crippen molar-refractivity contribution < 1.29 is 14.4 Å². The monoisotopic (exact) mass is 275 g/mol. The van der Waals surface area contributed by atoms with Crippen molar-refractivity contribution in [3.05, 3.63) is 28.8 Å². The third-order valence-corrected chi connectivity index (χ3v) is 3.18. The lowest BCUT2D eigenvalue weighted by atomic mass is 10.1. The van der Waals surface area contributed by atoms with Crippen LogP contribution in [0.15, 0.2) is 12.1 Å². The lowest BCUT2D eigenvalue weighted by molar-refractivity contribution is -0.128. The first-order valence-corrected chi connectivity index (χ1v) is 6.34. The number of hydrogen-bond donors (Lipinski definition) is 2. The molecule has 0 aliphatic carbocycles. The Bertz CT molecular complexity index is 556. The van der Waals surface area contributed by atoms with E-state index in [2.05, 4.69) is 10.6 Å². The zero-order chi connectivity index (χ0) is 14.9. The van der Waals surface area contributed by atoms with Gasteiger partial charge in [0.25, 0.3) is 5.91 Å².